The maximum atomic E-state index is 14.2. The van der Waals surface area contributed by atoms with Gasteiger partial charge in [0, 0.05) is 55.4 Å². The van der Waals surface area contributed by atoms with Crippen molar-refractivity contribution in [1.29, 1.82) is 0 Å². The van der Waals surface area contributed by atoms with E-state index in [0.717, 1.165) is 57.4 Å². The number of amides is 2. The van der Waals surface area contributed by atoms with Crippen molar-refractivity contribution >= 4 is 29.1 Å². The van der Waals surface area contributed by atoms with E-state index in [1.807, 2.05) is 15.9 Å². The van der Waals surface area contributed by atoms with Crippen molar-refractivity contribution in [2.75, 3.05) is 31.1 Å². The van der Waals surface area contributed by atoms with Gasteiger partial charge < -0.3 is 9.80 Å². The van der Waals surface area contributed by atoms with Crippen molar-refractivity contribution in [2.45, 2.75) is 77.3 Å². The Hall–Kier alpha value is -2.44. The van der Waals surface area contributed by atoms with Crippen LogP contribution in [0.15, 0.2) is 42.5 Å². The van der Waals surface area contributed by atoms with E-state index in [2.05, 4.69) is 23.1 Å². The molecule has 0 aromatic heterocycles. The van der Waals surface area contributed by atoms with Crippen LogP contribution in [0, 0.1) is 5.82 Å². The maximum absolute atomic E-state index is 14.2. The number of likely N-dealkylation sites (tertiary alicyclic amines) is 1. The third-order valence-electron chi connectivity index (χ3n) is 7.84. The van der Waals surface area contributed by atoms with E-state index in [9.17, 15) is 14.0 Å². The molecular weight excluding hydrogens is 489 g/mol. The first-order valence-corrected chi connectivity index (χ1v) is 14.1. The molecule has 0 atom stereocenters. The second-order valence-electron chi connectivity index (χ2n) is 10.4. The standard InChI is InChI=1S/C30H39ClFN3O2/c1-23(36)35-18-9-5-3-2-4-8-17-34(22-24-11-6-7-14-29(24)35)25-15-19-33(20-16-25)30(37)21-26-27(31)12-10-13-28(26)32/h6-7,10-14,25H,2-5,8-9,15-22H2,1H3. The third kappa shape index (κ3) is 7.32. The van der Waals surface area contributed by atoms with Gasteiger partial charge in [-0.2, -0.15) is 0 Å². The summed E-state index contributed by atoms with van der Waals surface area (Å²) < 4.78 is 14.2. The molecule has 1 fully saturated rings. The highest BCUT2D eigenvalue weighted by atomic mass is 35.5. The van der Waals surface area contributed by atoms with Crippen LogP contribution in [0.2, 0.25) is 5.02 Å². The maximum Gasteiger partial charge on any atom is 0.227 e. The van der Waals surface area contributed by atoms with Crippen LogP contribution in [0.25, 0.3) is 0 Å². The minimum Gasteiger partial charge on any atom is -0.342 e. The monoisotopic (exact) mass is 527 g/mol. The number of rotatable bonds is 3. The molecule has 0 saturated carbocycles. The number of hydrogen-bond acceptors (Lipinski definition) is 3. The molecule has 0 radical (unpaired) electrons. The third-order valence-corrected chi connectivity index (χ3v) is 8.19. The molecule has 200 valence electrons. The Kier molecular flexibility index (Phi) is 9.98. The average Bonchev–Trinajstić information content (AvgIpc) is 2.91. The van der Waals surface area contributed by atoms with Gasteiger partial charge in [0.2, 0.25) is 11.8 Å². The van der Waals surface area contributed by atoms with Gasteiger partial charge in [-0.3, -0.25) is 14.5 Å². The number of carbonyl (C=O) groups is 2. The van der Waals surface area contributed by atoms with Crippen LogP contribution < -0.4 is 4.90 Å². The molecule has 37 heavy (non-hydrogen) atoms. The van der Waals surface area contributed by atoms with Gasteiger partial charge in [0.15, 0.2) is 0 Å². The Balaban J connectivity index is 1.45. The predicted octanol–water partition coefficient (Wildman–Crippen LogP) is 6.22. The van der Waals surface area contributed by atoms with Gasteiger partial charge in [0.1, 0.15) is 5.82 Å². The van der Waals surface area contributed by atoms with Gasteiger partial charge in [0.05, 0.1) is 6.42 Å². The summed E-state index contributed by atoms with van der Waals surface area (Å²) in [4.78, 5) is 31.9. The van der Waals surface area contributed by atoms with Crippen LogP contribution in [0.4, 0.5) is 10.1 Å². The molecule has 2 aromatic rings. The van der Waals surface area contributed by atoms with Crippen molar-refractivity contribution < 1.29 is 14.0 Å². The van der Waals surface area contributed by atoms with Crippen molar-refractivity contribution in [3.63, 3.8) is 0 Å². The largest absolute Gasteiger partial charge is 0.342 e. The smallest absolute Gasteiger partial charge is 0.227 e. The lowest BCUT2D eigenvalue weighted by atomic mass is 10.00. The number of benzene rings is 2. The Morgan fingerprint density at radius 1 is 0.892 bits per heavy atom. The molecule has 0 aliphatic carbocycles. The Morgan fingerprint density at radius 3 is 2.27 bits per heavy atom. The van der Waals surface area contributed by atoms with E-state index >= 15 is 0 Å². The minimum atomic E-state index is -0.427. The van der Waals surface area contributed by atoms with Crippen molar-refractivity contribution in [3.8, 4) is 0 Å². The summed E-state index contributed by atoms with van der Waals surface area (Å²) in [6.45, 7) is 5.55. The zero-order chi connectivity index (χ0) is 26.2. The highest BCUT2D eigenvalue weighted by Crippen LogP contribution is 2.28. The second kappa shape index (κ2) is 13.4. The number of fused-ring (bicyclic) bond motifs is 1. The normalized spacial score (nSPS) is 18.9. The fourth-order valence-corrected chi connectivity index (χ4v) is 5.93. The van der Waals surface area contributed by atoms with Crippen LogP contribution in [-0.4, -0.2) is 53.8 Å². The quantitative estimate of drug-likeness (QED) is 0.476. The van der Waals surface area contributed by atoms with Gasteiger partial charge in [-0.05, 0) is 56.0 Å². The average molecular weight is 528 g/mol. The van der Waals surface area contributed by atoms with E-state index in [1.54, 1.807) is 19.1 Å². The summed E-state index contributed by atoms with van der Waals surface area (Å²) >= 11 is 6.15. The lowest BCUT2D eigenvalue weighted by molar-refractivity contribution is -0.132. The number of anilines is 1. The van der Waals surface area contributed by atoms with Gasteiger partial charge in [-0.15, -0.1) is 0 Å². The van der Waals surface area contributed by atoms with E-state index in [0.29, 0.717) is 24.2 Å². The highest BCUT2D eigenvalue weighted by Gasteiger charge is 2.28. The summed E-state index contributed by atoms with van der Waals surface area (Å²) in [6.07, 6.45) is 8.76. The zero-order valence-corrected chi connectivity index (χ0v) is 22.7. The van der Waals surface area contributed by atoms with Crippen molar-refractivity contribution in [1.82, 2.24) is 9.80 Å². The molecule has 2 aliphatic rings. The number of piperidine rings is 1. The van der Waals surface area contributed by atoms with Crippen molar-refractivity contribution in [2.24, 2.45) is 0 Å². The van der Waals surface area contributed by atoms with E-state index in [-0.39, 0.29) is 23.8 Å². The fourth-order valence-electron chi connectivity index (χ4n) is 5.70. The zero-order valence-electron chi connectivity index (χ0n) is 21.9. The molecule has 0 unspecified atom stereocenters. The molecular formula is C30H39ClFN3O2. The molecule has 7 heteroatoms. The first-order valence-electron chi connectivity index (χ1n) is 13.7. The SMILES string of the molecule is CC(=O)N1CCCCCCCCN(C2CCN(C(=O)Cc3c(F)cccc3Cl)CC2)Cc2ccccc21. The van der Waals surface area contributed by atoms with Gasteiger partial charge >= 0.3 is 0 Å². The number of carbonyl (C=O) groups excluding carboxylic acids is 2. The molecule has 4 rings (SSSR count). The lowest BCUT2D eigenvalue weighted by Gasteiger charge is -2.39. The molecule has 2 heterocycles. The number of para-hydroxylation sites is 1. The first kappa shape index (κ1) is 27.6. The molecule has 2 aliphatic heterocycles. The van der Waals surface area contributed by atoms with Crippen LogP contribution in [-0.2, 0) is 22.6 Å². The van der Waals surface area contributed by atoms with Crippen LogP contribution in [0.5, 0.6) is 0 Å². The van der Waals surface area contributed by atoms with Crippen molar-refractivity contribution in [3.05, 3.63) is 64.4 Å². The number of halogens is 2. The first-order chi connectivity index (χ1) is 17.9. The minimum absolute atomic E-state index is 0.00581. The Morgan fingerprint density at radius 2 is 1.57 bits per heavy atom. The highest BCUT2D eigenvalue weighted by molar-refractivity contribution is 6.31. The summed E-state index contributed by atoms with van der Waals surface area (Å²) in [5.41, 5.74) is 2.49. The van der Waals surface area contributed by atoms with E-state index in [1.165, 1.54) is 30.9 Å². The summed E-state index contributed by atoms with van der Waals surface area (Å²) in [5, 5.41) is 0.302. The van der Waals surface area contributed by atoms with E-state index in [4.69, 9.17) is 11.6 Å². The summed E-state index contributed by atoms with van der Waals surface area (Å²) in [5.74, 6) is -0.405. The summed E-state index contributed by atoms with van der Waals surface area (Å²) in [6, 6.07) is 13.2. The fraction of sp³-hybridized carbons (Fsp3) is 0.533. The van der Waals surface area contributed by atoms with E-state index < -0.39 is 5.82 Å². The van der Waals surface area contributed by atoms with Crippen LogP contribution in [0.1, 0.15) is 69.4 Å². The topological polar surface area (TPSA) is 43.9 Å². The number of hydrogen-bond donors (Lipinski definition) is 0. The number of nitrogens with zero attached hydrogens (tertiary/aromatic N) is 3. The molecule has 2 amide bonds. The molecule has 0 spiro atoms. The van der Waals surface area contributed by atoms with Gasteiger partial charge in [0.25, 0.3) is 0 Å². The van der Waals surface area contributed by atoms with Crippen LogP contribution in [0.3, 0.4) is 0 Å². The van der Waals surface area contributed by atoms with Crippen LogP contribution >= 0.6 is 11.6 Å². The van der Waals surface area contributed by atoms with Gasteiger partial charge in [-0.25, -0.2) is 4.39 Å². The predicted molar refractivity (Wildman–Crippen MR) is 147 cm³/mol. The lowest BCUT2D eigenvalue weighted by Crippen LogP contribution is -2.47. The summed E-state index contributed by atoms with van der Waals surface area (Å²) in [7, 11) is 0. The molecule has 2 aromatic carbocycles. The second-order valence-corrected chi connectivity index (χ2v) is 10.8. The molecule has 0 N–H and O–H groups in total. The van der Waals surface area contributed by atoms with Gasteiger partial charge in [-0.1, -0.05) is 61.5 Å². The molecule has 1 saturated heterocycles. The Labute approximate surface area is 225 Å². The molecule has 5 nitrogen and oxygen atoms in total. The molecule has 0 bridgehead atoms. The Bertz CT molecular complexity index is 1050.